The highest BCUT2D eigenvalue weighted by molar-refractivity contribution is 7.91. The van der Waals surface area contributed by atoms with Crippen LogP contribution in [-0.4, -0.2) is 46.7 Å². The van der Waals surface area contributed by atoms with Gasteiger partial charge in [-0.15, -0.1) is 0 Å². The third-order valence-corrected chi connectivity index (χ3v) is 5.74. The summed E-state index contributed by atoms with van der Waals surface area (Å²) in [6.07, 6.45) is 2.84. The lowest BCUT2D eigenvalue weighted by Gasteiger charge is -2.31. The summed E-state index contributed by atoms with van der Waals surface area (Å²) >= 11 is 0. The predicted molar refractivity (Wildman–Crippen MR) is 79.1 cm³/mol. The van der Waals surface area contributed by atoms with Crippen LogP contribution >= 0.6 is 0 Å². The van der Waals surface area contributed by atoms with Gasteiger partial charge < -0.3 is 10.1 Å². The van der Waals surface area contributed by atoms with Crippen LogP contribution in [0.2, 0.25) is 0 Å². The molecule has 5 heteroatoms. The molecular weight excluding hydrogens is 262 g/mol. The minimum atomic E-state index is -2.84. The number of sulfone groups is 1. The van der Waals surface area contributed by atoms with Gasteiger partial charge in [-0.3, -0.25) is 0 Å². The summed E-state index contributed by atoms with van der Waals surface area (Å²) in [4.78, 5) is 0. The fourth-order valence-corrected chi connectivity index (χ4v) is 4.79. The maximum atomic E-state index is 11.8. The predicted octanol–water partition coefficient (Wildman–Crippen LogP) is 1.85. The van der Waals surface area contributed by atoms with Crippen LogP contribution in [-0.2, 0) is 14.6 Å². The normalized spacial score (nSPS) is 26.7. The molecule has 1 saturated heterocycles. The molecule has 1 rings (SSSR count). The Bertz CT molecular complexity index is 373. The van der Waals surface area contributed by atoms with Crippen molar-refractivity contribution in [2.24, 2.45) is 10.8 Å². The average molecular weight is 291 g/mol. The monoisotopic (exact) mass is 291 g/mol. The van der Waals surface area contributed by atoms with Crippen LogP contribution in [0.3, 0.4) is 0 Å². The molecular formula is C14H29NO3S. The summed E-state index contributed by atoms with van der Waals surface area (Å²) in [5.74, 6) is 0.694. The highest BCUT2D eigenvalue weighted by Crippen LogP contribution is 2.39. The summed E-state index contributed by atoms with van der Waals surface area (Å²) in [6, 6.07) is 0. The zero-order valence-electron chi connectivity index (χ0n) is 12.8. The Morgan fingerprint density at radius 1 is 1.32 bits per heavy atom. The molecule has 1 aliphatic rings. The van der Waals surface area contributed by atoms with E-state index in [1.807, 2.05) is 0 Å². The SMILES string of the molecule is COCCNCC1(CCC(C)(C)C)CCS(=O)(=O)C1. The molecule has 4 nitrogen and oxygen atoms in total. The van der Waals surface area contributed by atoms with Crippen LogP contribution in [0.5, 0.6) is 0 Å². The van der Waals surface area contributed by atoms with E-state index < -0.39 is 9.84 Å². The molecule has 0 aliphatic carbocycles. The summed E-state index contributed by atoms with van der Waals surface area (Å²) in [5.41, 5.74) is 0.186. The van der Waals surface area contributed by atoms with E-state index in [9.17, 15) is 8.42 Å². The molecule has 0 aromatic carbocycles. The van der Waals surface area contributed by atoms with Crippen molar-refractivity contribution in [3.05, 3.63) is 0 Å². The van der Waals surface area contributed by atoms with Crippen LogP contribution in [0, 0.1) is 10.8 Å². The Morgan fingerprint density at radius 2 is 2.00 bits per heavy atom. The van der Waals surface area contributed by atoms with Crippen molar-refractivity contribution in [1.29, 1.82) is 0 Å². The molecule has 0 amide bonds. The van der Waals surface area contributed by atoms with Crippen molar-refractivity contribution < 1.29 is 13.2 Å². The Hall–Kier alpha value is -0.130. The van der Waals surface area contributed by atoms with Crippen molar-refractivity contribution in [3.63, 3.8) is 0 Å². The zero-order valence-corrected chi connectivity index (χ0v) is 13.6. The molecule has 0 radical (unpaired) electrons. The average Bonchev–Trinajstić information content (AvgIpc) is 2.58. The van der Waals surface area contributed by atoms with Gasteiger partial charge in [0.25, 0.3) is 0 Å². The van der Waals surface area contributed by atoms with Gasteiger partial charge in [0, 0.05) is 20.2 Å². The first-order valence-electron chi connectivity index (χ1n) is 7.08. The number of hydrogen-bond donors (Lipinski definition) is 1. The topological polar surface area (TPSA) is 55.4 Å². The Labute approximate surface area is 118 Å². The molecule has 1 fully saturated rings. The van der Waals surface area contributed by atoms with Crippen molar-refractivity contribution in [2.75, 3.05) is 38.3 Å². The standard InChI is InChI=1S/C14H29NO3S/c1-13(2,3)5-6-14(11-15-8-9-18-4)7-10-19(16,17)12-14/h15H,5-12H2,1-4H3. The van der Waals surface area contributed by atoms with Crippen LogP contribution in [0.25, 0.3) is 0 Å². The van der Waals surface area contributed by atoms with Gasteiger partial charge in [-0.1, -0.05) is 20.8 Å². The second kappa shape index (κ2) is 6.55. The summed E-state index contributed by atoms with van der Waals surface area (Å²) in [6.45, 7) is 8.87. The molecule has 1 unspecified atom stereocenters. The first-order valence-corrected chi connectivity index (χ1v) is 8.90. The summed E-state index contributed by atoms with van der Waals surface area (Å²) in [7, 11) is -1.16. The number of nitrogens with one attached hydrogen (secondary N) is 1. The van der Waals surface area contributed by atoms with Crippen molar-refractivity contribution in [1.82, 2.24) is 5.32 Å². The van der Waals surface area contributed by atoms with E-state index in [1.165, 1.54) is 0 Å². The molecule has 0 aromatic heterocycles. The van der Waals surface area contributed by atoms with Gasteiger partial charge in [0.2, 0.25) is 0 Å². The lowest BCUT2D eigenvalue weighted by Crippen LogP contribution is -2.37. The molecule has 1 atom stereocenters. The fraction of sp³-hybridized carbons (Fsp3) is 1.00. The molecule has 0 saturated carbocycles. The Kier molecular flexibility index (Phi) is 5.83. The van der Waals surface area contributed by atoms with Gasteiger partial charge in [0.1, 0.15) is 0 Å². The van der Waals surface area contributed by atoms with Gasteiger partial charge in [-0.05, 0) is 30.1 Å². The second-order valence-electron chi connectivity index (χ2n) is 7.07. The molecule has 19 heavy (non-hydrogen) atoms. The van der Waals surface area contributed by atoms with E-state index in [0.717, 1.165) is 32.4 Å². The smallest absolute Gasteiger partial charge is 0.150 e. The lowest BCUT2D eigenvalue weighted by molar-refractivity contribution is 0.186. The maximum absolute atomic E-state index is 11.8. The zero-order chi connectivity index (χ0) is 14.6. The lowest BCUT2D eigenvalue weighted by atomic mass is 9.77. The van der Waals surface area contributed by atoms with E-state index in [0.29, 0.717) is 18.1 Å². The number of methoxy groups -OCH3 is 1. The minimum Gasteiger partial charge on any atom is -0.383 e. The summed E-state index contributed by atoms with van der Waals surface area (Å²) < 4.78 is 28.6. The van der Waals surface area contributed by atoms with Gasteiger partial charge in [-0.25, -0.2) is 8.42 Å². The van der Waals surface area contributed by atoms with Gasteiger partial charge in [0.05, 0.1) is 18.1 Å². The molecule has 0 aromatic rings. The largest absolute Gasteiger partial charge is 0.383 e. The van der Waals surface area contributed by atoms with Crippen LogP contribution in [0.15, 0.2) is 0 Å². The second-order valence-corrected chi connectivity index (χ2v) is 9.26. The van der Waals surface area contributed by atoms with Gasteiger partial charge in [0.15, 0.2) is 9.84 Å². The van der Waals surface area contributed by atoms with Gasteiger partial charge in [-0.2, -0.15) is 0 Å². The van der Waals surface area contributed by atoms with E-state index in [-0.39, 0.29) is 10.8 Å². The van der Waals surface area contributed by atoms with E-state index in [2.05, 4.69) is 26.1 Å². The molecule has 0 spiro atoms. The Balaban J connectivity index is 2.59. The van der Waals surface area contributed by atoms with Crippen molar-refractivity contribution >= 4 is 9.84 Å². The van der Waals surface area contributed by atoms with Crippen molar-refractivity contribution in [2.45, 2.75) is 40.0 Å². The molecule has 0 bridgehead atoms. The minimum absolute atomic E-state index is 0.0696. The highest BCUT2D eigenvalue weighted by Gasteiger charge is 2.42. The summed E-state index contributed by atoms with van der Waals surface area (Å²) in [5, 5.41) is 3.35. The first-order chi connectivity index (χ1) is 8.68. The number of hydrogen-bond acceptors (Lipinski definition) is 4. The van der Waals surface area contributed by atoms with Crippen molar-refractivity contribution in [3.8, 4) is 0 Å². The van der Waals surface area contributed by atoms with Crippen LogP contribution < -0.4 is 5.32 Å². The first kappa shape index (κ1) is 16.9. The fourth-order valence-electron chi connectivity index (χ4n) is 2.58. The third kappa shape index (κ3) is 6.23. The maximum Gasteiger partial charge on any atom is 0.150 e. The van der Waals surface area contributed by atoms with E-state index >= 15 is 0 Å². The molecule has 1 N–H and O–H groups in total. The highest BCUT2D eigenvalue weighted by atomic mass is 32.2. The van der Waals surface area contributed by atoms with E-state index in [4.69, 9.17) is 4.74 Å². The van der Waals surface area contributed by atoms with Gasteiger partial charge >= 0.3 is 0 Å². The van der Waals surface area contributed by atoms with E-state index in [1.54, 1.807) is 7.11 Å². The molecule has 1 aliphatic heterocycles. The Morgan fingerprint density at radius 3 is 2.47 bits per heavy atom. The number of ether oxygens (including phenoxy) is 1. The van der Waals surface area contributed by atoms with Crippen LogP contribution in [0.1, 0.15) is 40.0 Å². The third-order valence-electron chi connectivity index (χ3n) is 3.86. The molecule has 114 valence electrons. The quantitative estimate of drug-likeness (QED) is 0.727. The van der Waals surface area contributed by atoms with Crippen LogP contribution in [0.4, 0.5) is 0 Å². The number of rotatable bonds is 7. The molecule has 1 heterocycles.